The number of nitrogens with one attached hydrogen (secondary N) is 1. The predicted octanol–water partition coefficient (Wildman–Crippen LogP) is 1.24. The molecule has 1 amide bonds. The predicted molar refractivity (Wildman–Crippen MR) is 75.0 cm³/mol. The Morgan fingerprint density at radius 3 is 2.86 bits per heavy atom. The van der Waals surface area contributed by atoms with E-state index in [0.29, 0.717) is 23.7 Å². The van der Waals surface area contributed by atoms with Crippen LogP contribution in [0.15, 0.2) is 36.7 Å². The van der Waals surface area contributed by atoms with Crippen molar-refractivity contribution in [3.8, 4) is 11.5 Å². The molecule has 0 bridgehead atoms. The van der Waals surface area contributed by atoms with E-state index in [0.717, 1.165) is 5.69 Å². The molecule has 0 saturated heterocycles. The Balaban J connectivity index is 1.58. The van der Waals surface area contributed by atoms with Gasteiger partial charge in [0.1, 0.15) is 6.61 Å². The first-order chi connectivity index (χ1) is 10.2. The van der Waals surface area contributed by atoms with Gasteiger partial charge in [-0.05, 0) is 19.1 Å². The molecule has 108 valence electrons. The minimum absolute atomic E-state index is 0.197. The van der Waals surface area contributed by atoms with Crippen molar-refractivity contribution >= 4 is 5.91 Å². The van der Waals surface area contributed by atoms with Gasteiger partial charge in [-0.1, -0.05) is 12.1 Å². The van der Waals surface area contributed by atoms with E-state index < -0.39 is 6.10 Å². The lowest BCUT2D eigenvalue weighted by Crippen LogP contribution is -2.43. The van der Waals surface area contributed by atoms with Gasteiger partial charge in [-0.2, -0.15) is 0 Å². The SMILES string of the molecule is Cc1cnc(CNC(=O)C2COc3ccccc3O2)cn1. The summed E-state index contributed by atoms with van der Waals surface area (Å²) in [6.45, 7) is 2.37. The fraction of sp³-hybridized carbons (Fsp3) is 0.267. The van der Waals surface area contributed by atoms with Gasteiger partial charge < -0.3 is 14.8 Å². The van der Waals surface area contributed by atoms with Crippen molar-refractivity contribution in [2.45, 2.75) is 19.6 Å². The molecule has 6 heteroatoms. The highest BCUT2D eigenvalue weighted by Gasteiger charge is 2.26. The number of ether oxygens (including phenoxy) is 2. The Hall–Kier alpha value is -2.63. The second-order valence-electron chi connectivity index (χ2n) is 4.73. The second-order valence-corrected chi connectivity index (χ2v) is 4.73. The molecule has 2 heterocycles. The molecule has 1 aromatic heterocycles. The highest BCUT2D eigenvalue weighted by Crippen LogP contribution is 2.30. The summed E-state index contributed by atoms with van der Waals surface area (Å²) in [5.41, 5.74) is 1.54. The van der Waals surface area contributed by atoms with Gasteiger partial charge in [-0.15, -0.1) is 0 Å². The van der Waals surface area contributed by atoms with Crippen molar-refractivity contribution < 1.29 is 14.3 Å². The van der Waals surface area contributed by atoms with Crippen molar-refractivity contribution in [2.75, 3.05) is 6.61 Å². The highest BCUT2D eigenvalue weighted by molar-refractivity contribution is 5.81. The van der Waals surface area contributed by atoms with Crippen LogP contribution in [0.3, 0.4) is 0 Å². The fourth-order valence-corrected chi connectivity index (χ4v) is 1.95. The number of amides is 1. The smallest absolute Gasteiger partial charge is 0.265 e. The molecule has 3 rings (SSSR count). The lowest BCUT2D eigenvalue weighted by atomic mass is 10.2. The van der Waals surface area contributed by atoms with E-state index in [9.17, 15) is 4.79 Å². The Bertz CT molecular complexity index is 643. The molecular weight excluding hydrogens is 270 g/mol. The van der Waals surface area contributed by atoms with Crippen LogP contribution in [0.2, 0.25) is 0 Å². The summed E-state index contributed by atoms with van der Waals surface area (Å²) in [5.74, 6) is 1.01. The Morgan fingerprint density at radius 1 is 1.29 bits per heavy atom. The number of benzene rings is 1. The molecule has 1 aromatic carbocycles. The number of hydrogen-bond acceptors (Lipinski definition) is 5. The van der Waals surface area contributed by atoms with Gasteiger partial charge >= 0.3 is 0 Å². The number of para-hydroxylation sites is 2. The lowest BCUT2D eigenvalue weighted by Gasteiger charge is -2.25. The molecule has 6 nitrogen and oxygen atoms in total. The largest absolute Gasteiger partial charge is 0.485 e. The first-order valence-electron chi connectivity index (χ1n) is 6.66. The standard InChI is InChI=1S/C15H15N3O3/c1-10-6-17-11(7-16-10)8-18-15(19)14-9-20-12-4-2-3-5-13(12)21-14/h2-7,14H,8-9H2,1H3,(H,18,19). The number of aromatic nitrogens is 2. The summed E-state index contributed by atoms with van der Waals surface area (Å²) in [7, 11) is 0. The maximum Gasteiger partial charge on any atom is 0.265 e. The van der Waals surface area contributed by atoms with E-state index in [4.69, 9.17) is 9.47 Å². The Morgan fingerprint density at radius 2 is 2.10 bits per heavy atom. The van der Waals surface area contributed by atoms with Crippen LogP contribution in [-0.4, -0.2) is 28.6 Å². The molecule has 1 unspecified atom stereocenters. The quantitative estimate of drug-likeness (QED) is 0.918. The van der Waals surface area contributed by atoms with E-state index in [1.807, 2.05) is 25.1 Å². The van der Waals surface area contributed by atoms with Crippen LogP contribution in [-0.2, 0) is 11.3 Å². The van der Waals surface area contributed by atoms with Crippen LogP contribution in [0.25, 0.3) is 0 Å². The first kappa shape index (κ1) is 13.4. The van der Waals surface area contributed by atoms with Crippen LogP contribution in [0.1, 0.15) is 11.4 Å². The van der Waals surface area contributed by atoms with Gasteiger partial charge in [0.15, 0.2) is 11.5 Å². The molecule has 0 saturated carbocycles. The number of hydrogen-bond donors (Lipinski definition) is 1. The van der Waals surface area contributed by atoms with Gasteiger partial charge in [0, 0.05) is 6.20 Å². The van der Waals surface area contributed by atoms with E-state index in [1.165, 1.54) is 0 Å². The summed E-state index contributed by atoms with van der Waals surface area (Å²) in [6.07, 6.45) is 2.65. The lowest BCUT2D eigenvalue weighted by molar-refractivity contribution is -0.130. The average Bonchev–Trinajstić information content (AvgIpc) is 2.53. The number of nitrogens with zero attached hydrogens (tertiary/aromatic N) is 2. The minimum atomic E-state index is -0.654. The van der Waals surface area contributed by atoms with Crippen LogP contribution in [0, 0.1) is 6.92 Å². The molecule has 1 aliphatic rings. The molecule has 1 aliphatic heterocycles. The van der Waals surface area contributed by atoms with E-state index >= 15 is 0 Å². The van der Waals surface area contributed by atoms with Crippen molar-refractivity contribution in [3.63, 3.8) is 0 Å². The summed E-state index contributed by atoms with van der Waals surface area (Å²) in [4.78, 5) is 20.4. The molecule has 0 spiro atoms. The fourth-order valence-electron chi connectivity index (χ4n) is 1.95. The Labute approximate surface area is 122 Å². The number of fused-ring (bicyclic) bond motifs is 1. The molecule has 0 fully saturated rings. The summed E-state index contributed by atoms with van der Waals surface area (Å²) < 4.78 is 11.1. The zero-order chi connectivity index (χ0) is 14.7. The first-order valence-corrected chi connectivity index (χ1v) is 6.66. The van der Waals surface area contributed by atoms with E-state index in [1.54, 1.807) is 18.5 Å². The summed E-state index contributed by atoms with van der Waals surface area (Å²) in [6, 6.07) is 7.29. The van der Waals surface area contributed by atoms with Crippen LogP contribution >= 0.6 is 0 Å². The molecule has 2 aromatic rings. The minimum Gasteiger partial charge on any atom is -0.485 e. The van der Waals surface area contributed by atoms with Crippen molar-refractivity contribution in [1.29, 1.82) is 0 Å². The van der Waals surface area contributed by atoms with E-state index in [2.05, 4.69) is 15.3 Å². The maximum absolute atomic E-state index is 12.1. The number of carbonyl (C=O) groups excluding carboxylic acids is 1. The molecule has 0 radical (unpaired) electrons. The summed E-state index contributed by atoms with van der Waals surface area (Å²) in [5, 5.41) is 2.77. The zero-order valence-electron chi connectivity index (χ0n) is 11.6. The van der Waals surface area contributed by atoms with Crippen molar-refractivity contribution in [3.05, 3.63) is 48.0 Å². The highest BCUT2D eigenvalue weighted by atomic mass is 16.6. The van der Waals surface area contributed by atoms with Gasteiger partial charge in [-0.25, -0.2) is 0 Å². The third-order valence-electron chi connectivity index (χ3n) is 3.08. The van der Waals surface area contributed by atoms with Crippen molar-refractivity contribution in [2.24, 2.45) is 0 Å². The third-order valence-corrected chi connectivity index (χ3v) is 3.08. The van der Waals surface area contributed by atoms with Crippen LogP contribution < -0.4 is 14.8 Å². The van der Waals surface area contributed by atoms with Gasteiger partial charge in [0.2, 0.25) is 6.10 Å². The zero-order valence-corrected chi connectivity index (χ0v) is 11.6. The number of aryl methyl sites for hydroxylation is 1. The topological polar surface area (TPSA) is 73.3 Å². The molecule has 21 heavy (non-hydrogen) atoms. The van der Waals surface area contributed by atoms with Crippen molar-refractivity contribution in [1.82, 2.24) is 15.3 Å². The molecular formula is C15H15N3O3. The third kappa shape index (κ3) is 3.10. The monoisotopic (exact) mass is 285 g/mol. The summed E-state index contributed by atoms with van der Waals surface area (Å²) >= 11 is 0. The molecule has 0 aliphatic carbocycles. The Kier molecular flexibility index (Phi) is 3.68. The van der Waals surface area contributed by atoms with Gasteiger partial charge in [0.05, 0.1) is 24.1 Å². The van der Waals surface area contributed by atoms with Gasteiger partial charge in [-0.3, -0.25) is 14.8 Å². The molecule has 1 atom stereocenters. The van der Waals surface area contributed by atoms with Crippen LogP contribution in [0.4, 0.5) is 0 Å². The second kappa shape index (κ2) is 5.78. The molecule has 1 N–H and O–H groups in total. The maximum atomic E-state index is 12.1. The number of rotatable bonds is 3. The van der Waals surface area contributed by atoms with Crippen LogP contribution in [0.5, 0.6) is 11.5 Å². The average molecular weight is 285 g/mol. The van der Waals surface area contributed by atoms with Gasteiger partial charge in [0.25, 0.3) is 5.91 Å². The normalized spacial score (nSPS) is 16.3. The number of carbonyl (C=O) groups is 1. The van der Waals surface area contributed by atoms with E-state index in [-0.39, 0.29) is 12.5 Å².